The minimum Gasteiger partial charge on any atom is -0.458 e. The number of ether oxygens (including phenoxy) is 10. The first-order chi connectivity index (χ1) is 35.3. The molecule has 2 aromatic heterocycles. The summed E-state index contributed by atoms with van der Waals surface area (Å²) in [6.07, 6.45) is -0.193. The lowest BCUT2D eigenvalue weighted by atomic mass is 9.73. The minimum atomic E-state index is -1.52. The molecule has 1 N–H and O–H groups in total. The second kappa shape index (κ2) is 24.8. The SMILES string of the molecule is CC[C@H]1OC(=O)[C@H](C)C(OC2CC(C)(OC)C(OC(C)=O)C(C)O2)[C@H](C)[C@@H](O[C@@H]2O[C@H](C)C[C@H](N(C)C)[C@H]2OC(C)=O)[C@](C)(OC)C[C@@H](C)C(=O)[C@H](C)[C@H]2N(NCCCn3cnc(-c4cccnc4)c3)C(=O)O[C@]12C. The molecule has 4 fully saturated rings. The maximum Gasteiger partial charge on any atom is 0.425 e. The summed E-state index contributed by atoms with van der Waals surface area (Å²) in [6, 6.07) is 2.52. The number of carbonyl (C=O) groups excluding carboxylic acids is 5. The minimum absolute atomic E-state index is 0.0838. The molecule has 4 saturated heterocycles. The van der Waals surface area contributed by atoms with Gasteiger partial charge in [0.05, 0.1) is 54.0 Å². The third-order valence-electron chi connectivity index (χ3n) is 16.0. The van der Waals surface area contributed by atoms with E-state index in [-0.39, 0.29) is 37.2 Å². The Bertz CT molecular complexity index is 2270. The number of esters is 3. The number of nitrogens with one attached hydrogen (secondary N) is 1. The predicted molar refractivity (Wildman–Crippen MR) is 272 cm³/mol. The Labute approximate surface area is 442 Å². The van der Waals surface area contributed by atoms with Gasteiger partial charge in [-0.3, -0.25) is 24.2 Å². The summed E-state index contributed by atoms with van der Waals surface area (Å²) < 4.78 is 66.3. The van der Waals surface area contributed by atoms with Crippen LogP contribution in [0.4, 0.5) is 4.79 Å². The van der Waals surface area contributed by atoms with Crippen LogP contribution >= 0.6 is 0 Å². The van der Waals surface area contributed by atoms with Crippen LogP contribution in [0.1, 0.15) is 115 Å². The van der Waals surface area contributed by atoms with E-state index in [1.54, 1.807) is 53.3 Å². The van der Waals surface area contributed by atoms with Gasteiger partial charge in [-0.05, 0) is 93.5 Å². The average Bonchev–Trinajstić information content (AvgIpc) is 3.94. The van der Waals surface area contributed by atoms with Crippen molar-refractivity contribution in [2.24, 2.45) is 23.7 Å². The van der Waals surface area contributed by atoms with E-state index in [0.717, 1.165) is 11.3 Å². The van der Waals surface area contributed by atoms with Crippen molar-refractivity contribution in [2.45, 2.75) is 206 Å². The fraction of sp³-hybridized carbons (Fsp3) is 0.759. The van der Waals surface area contributed by atoms with E-state index >= 15 is 9.59 Å². The number of ketones is 1. The molecule has 21 heteroatoms. The lowest BCUT2D eigenvalue weighted by molar-refractivity contribution is -0.320. The molecule has 5 unspecified atom stereocenters. The number of hydrazine groups is 1. The average molecular weight is 1060 g/mol. The van der Waals surface area contributed by atoms with Crippen LogP contribution in [0.25, 0.3) is 11.3 Å². The fourth-order valence-corrected chi connectivity index (χ4v) is 12.0. The standard InChI is InChI=1S/C54H84N6O15/c1-17-41-54(12)46(60(51(65)75-54)57-22-19-23-59-28-39(56-29-59)38-20-18-21-55-27-38)32(4)43(63)30(2)25-52(10,66-15)47(74-50-45(70-36(8)61)40(58(13)14)24-31(3)68-50)33(5)44(34(6)49(64)72-41)73-42-26-53(11,67-16)48(35(7)69-42)71-37(9)62/h18,20-21,27-35,40-42,44-48,50,57H,17,19,22-26H2,1-16H3/t30-,31-,32+,33+,34-,35?,40+,41-,42?,44?,45-,46-,47-,48?,50+,52-,53?,54-/m1/s1. The Morgan fingerprint density at radius 3 is 2.19 bits per heavy atom. The summed E-state index contributed by atoms with van der Waals surface area (Å²) in [5, 5.41) is 1.38. The van der Waals surface area contributed by atoms with Crippen LogP contribution in [0, 0.1) is 23.7 Å². The highest BCUT2D eigenvalue weighted by atomic mass is 16.7. The first-order valence-electron chi connectivity index (χ1n) is 26.5. The number of imidazole rings is 1. The van der Waals surface area contributed by atoms with Crippen molar-refractivity contribution >= 4 is 29.8 Å². The maximum absolute atomic E-state index is 15.2. The molecule has 0 bridgehead atoms. The topological polar surface area (TPSA) is 227 Å². The molecule has 4 aliphatic heterocycles. The molecule has 21 nitrogen and oxygen atoms in total. The summed E-state index contributed by atoms with van der Waals surface area (Å²) in [5.74, 6) is -5.38. The lowest BCUT2D eigenvalue weighted by Gasteiger charge is -2.50. The maximum atomic E-state index is 15.2. The molecular formula is C54H84N6O15. The molecule has 4 aliphatic rings. The highest BCUT2D eigenvalue weighted by molar-refractivity contribution is 5.85. The summed E-state index contributed by atoms with van der Waals surface area (Å²) in [4.78, 5) is 80.4. The molecule has 1 amide bonds. The van der Waals surface area contributed by atoms with E-state index in [0.29, 0.717) is 25.9 Å². The van der Waals surface area contributed by atoms with Crippen molar-refractivity contribution in [1.82, 2.24) is 29.9 Å². The first kappa shape index (κ1) is 59.6. The van der Waals surface area contributed by atoms with Gasteiger partial charge in [-0.25, -0.2) is 20.2 Å². The van der Waals surface area contributed by atoms with Crippen molar-refractivity contribution in [2.75, 3.05) is 34.9 Å². The Hall–Kier alpha value is -4.61. The second-order valence-corrected chi connectivity index (χ2v) is 22.0. The van der Waals surface area contributed by atoms with Crippen LogP contribution in [-0.2, 0) is 73.1 Å². The van der Waals surface area contributed by atoms with Gasteiger partial charge in [-0.2, -0.15) is 0 Å². The number of aryl methyl sites for hydroxylation is 1. The number of hydrogen-bond acceptors (Lipinski definition) is 19. The molecule has 0 aromatic carbocycles. The normalized spacial score (nSPS) is 38.1. The molecule has 6 rings (SSSR count). The number of rotatable bonds is 16. The highest BCUT2D eigenvalue weighted by Crippen LogP contribution is 2.45. The Kier molecular flexibility index (Phi) is 19.7. The van der Waals surface area contributed by atoms with E-state index in [9.17, 15) is 14.4 Å². The molecule has 6 heterocycles. The molecule has 0 saturated carbocycles. The molecule has 0 aliphatic carbocycles. The summed E-state index contributed by atoms with van der Waals surface area (Å²) in [7, 11) is 6.84. The molecular weight excluding hydrogens is 973 g/mol. The number of Topliss-reactive ketones (excluding diaryl/α,β-unsaturated/α-hetero) is 1. The molecule has 75 heavy (non-hydrogen) atoms. The zero-order valence-electron chi connectivity index (χ0n) is 46.9. The zero-order valence-corrected chi connectivity index (χ0v) is 46.9. The number of likely N-dealkylation sites (N-methyl/N-ethyl adjacent to an activating group) is 1. The first-order valence-corrected chi connectivity index (χ1v) is 26.5. The second-order valence-electron chi connectivity index (χ2n) is 22.0. The van der Waals surface area contributed by atoms with Crippen LogP contribution in [-0.4, -0.2) is 173 Å². The van der Waals surface area contributed by atoms with Gasteiger partial charge >= 0.3 is 24.0 Å². The van der Waals surface area contributed by atoms with Gasteiger partial charge in [-0.15, -0.1) is 0 Å². The van der Waals surface area contributed by atoms with Crippen LogP contribution in [0.3, 0.4) is 0 Å². The van der Waals surface area contributed by atoms with Gasteiger partial charge in [0, 0.05) is 89.5 Å². The summed E-state index contributed by atoms with van der Waals surface area (Å²) in [5.41, 5.74) is 1.00. The van der Waals surface area contributed by atoms with Gasteiger partial charge in [0.1, 0.15) is 23.5 Å². The lowest BCUT2D eigenvalue weighted by Crippen LogP contribution is -2.62. The Morgan fingerprint density at radius 2 is 1.57 bits per heavy atom. The van der Waals surface area contributed by atoms with Crippen molar-refractivity contribution in [1.29, 1.82) is 0 Å². The largest absolute Gasteiger partial charge is 0.458 e. The number of fused-ring (bicyclic) bond motifs is 1. The zero-order chi connectivity index (χ0) is 55.3. The highest BCUT2D eigenvalue weighted by Gasteiger charge is 2.61. The van der Waals surface area contributed by atoms with Crippen molar-refractivity contribution in [3.8, 4) is 11.3 Å². The quantitative estimate of drug-likeness (QED) is 0.117. The third kappa shape index (κ3) is 13.2. The molecule has 0 spiro atoms. The van der Waals surface area contributed by atoms with Crippen LogP contribution < -0.4 is 5.43 Å². The molecule has 18 atom stereocenters. The fourth-order valence-electron chi connectivity index (χ4n) is 12.0. The Balaban J connectivity index is 1.40. The monoisotopic (exact) mass is 1060 g/mol. The predicted octanol–water partition coefficient (Wildman–Crippen LogP) is 5.90. The van der Waals surface area contributed by atoms with Crippen LogP contribution in [0.15, 0.2) is 37.1 Å². The van der Waals surface area contributed by atoms with E-state index in [4.69, 9.17) is 47.4 Å². The number of carbonyl (C=O) groups is 5. The van der Waals surface area contributed by atoms with E-state index in [1.807, 2.05) is 76.5 Å². The van der Waals surface area contributed by atoms with Crippen LogP contribution in [0.2, 0.25) is 0 Å². The van der Waals surface area contributed by atoms with Crippen LogP contribution in [0.5, 0.6) is 0 Å². The van der Waals surface area contributed by atoms with E-state index in [2.05, 4.69) is 15.4 Å². The number of hydrogen-bond donors (Lipinski definition) is 1. The van der Waals surface area contributed by atoms with Gasteiger partial charge in [0.25, 0.3) is 0 Å². The smallest absolute Gasteiger partial charge is 0.425 e. The van der Waals surface area contributed by atoms with Gasteiger partial charge < -0.3 is 56.8 Å². The number of aromatic nitrogens is 3. The van der Waals surface area contributed by atoms with Gasteiger partial charge in [0.15, 0.2) is 30.4 Å². The molecule has 0 radical (unpaired) electrons. The van der Waals surface area contributed by atoms with Gasteiger partial charge in [0.2, 0.25) is 0 Å². The van der Waals surface area contributed by atoms with E-state index in [1.165, 1.54) is 33.1 Å². The van der Waals surface area contributed by atoms with Gasteiger partial charge in [-0.1, -0.05) is 27.7 Å². The number of amides is 1. The third-order valence-corrected chi connectivity index (χ3v) is 16.0. The number of pyridine rings is 1. The summed E-state index contributed by atoms with van der Waals surface area (Å²) >= 11 is 0. The number of nitrogens with zero attached hydrogens (tertiary/aromatic N) is 5. The Morgan fingerprint density at radius 1 is 0.893 bits per heavy atom. The van der Waals surface area contributed by atoms with Crippen molar-refractivity contribution in [3.63, 3.8) is 0 Å². The number of methoxy groups -OCH3 is 2. The molecule has 2 aromatic rings. The van der Waals surface area contributed by atoms with E-state index < -0.39 is 120 Å². The van der Waals surface area contributed by atoms with Crippen molar-refractivity contribution in [3.05, 3.63) is 37.1 Å². The number of cyclic esters (lactones) is 1. The summed E-state index contributed by atoms with van der Waals surface area (Å²) in [6.45, 7) is 21.5. The molecule has 420 valence electrons. The van der Waals surface area contributed by atoms with Crippen molar-refractivity contribution < 1.29 is 71.3 Å².